The first-order chi connectivity index (χ1) is 7.42. The summed E-state index contributed by atoms with van der Waals surface area (Å²) in [5.41, 5.74) is 1.14. The highest BCUT2D eigenvalue weighted by molar-refractivity contribution is 7.93. The molecule has 1 aromatic rings. The third-order valence-electron chi connectivity index (χ3n) is 1.84. The molecule has 0 unspecified atom stereocenters. The number of benzene rings is 1. The smallest absolute Gasteiger partial charge is 0.337 e. The number of rotatable bonds is 3. The molecule has 0 atom stereocenters. The molecule has 0 saturated carbocycles. The van der Waals surface area contributed by atoms with Crippen LogP contribution in [0.5, 0.6) is 0 Å². The van der Waals surface area contributed by atoms with Crippen LogP contribution in [0.15, 0.2) is 29.7 Å². The largest absolute Gasteiger partial charge is 0.465 e. The number of carbonyl (C=O) groups excluding carboxylic acids is 1. The van der Waals surface area contributed by atoms with E-state index in [1.54, 1.807) is 24.3 Å². The van der Waals surface area contributed by atoms with E-state index in [2.05, 4.69) is 4.74 Å². The number of sulfone groups is 1. The van der Waals surface area contributed by atoms with Crippen LogP contribution in [0.2, 0.25) is 0 Å². The van der Waals surface area contributed by atoms with Gasteiger partial charge in [-0.1, -0.05) is 12.1 Å². The zero-order valence-electron chi connectivity index (χ0n) is 9.01. The Hall–Kier alpha value is -1.62. The maximum absolute atomic E-state index is 11.1. The van der Waals surface area contributed by atoms with E-state index in [1.165, 1.54) is 13.2 Å². The van der Waals surface area contributed by atoms with Gasteiger partial charge in [0, 0.05) is 11.7 Å². The zero-order chi connectivity index (χ0) is 12.2. The number of ether oxygens (including phenoxy) is 1. The van der Waals surface area contributed by atoms with Crippen LogP contribution in [0, 0.1) is 0 Å². The van der Waals surface area contributed by atoms with Crippen molar-refractivity contribution in [2.75, 3.05) is 13.4 Å². The predicted molar refractivity (Wildman–Crippen MR) is 61.7 cm³/mol. The number of hydrogen-bond acceptors (Lipinski definition) is 4. The molecule has 0 aliphatic rings. The van der Waals surface area contributed by atoms with Crippen LogP contribution < -0.4 is 0 Å². The Bertz CT molecular complexity index is 497. The normalized spacial score (nSPS) is 11.6. The van der Waals surface area contributed by atoms with Crippen LogP contribution in [-0.4, -0.2) is 27.8 Å². The first-order valence-electron chi connectivity index (χ1n) is 4.49. The van der Waals surface area contributed by atoms with Gasteiger partial charge in [0.25, 0.3) is 0 Å². The Morgan fingerprint density at radius 3 is 2.25 bits per heavy atom. The molecule has 16 heavy (non-hydrogen) atoms. The van der Waals surface area contributed by atoms with Gasteiger partial charge in [0.1, 0.15) is 0 Å². The summed E-state index contributed by atoms with van der Waals surface area (Å²) in [6.07, 6.45) is 2.59. The molecular formula is C11H12O4S. The number of methoxy groups -OCH3 is 1. The molecule has 86 valence electrons. The minimum atomic E-state index is -3.13. The van der Waals surface area contributed by atoms with E-state index in [0.717, 1.165) is 11.7 Å². The lowest BCUT2D eigenvalue weighted by Gasteiger charge is -1.99. The lowest BCUT2D eigenvalue weighted by Crippen LogP contribution is -2.00. The topological polar surface area (TPSA) is 60.4 Å². The summed E-state index contributed by atoms with van der Waals surface area (Å²) in [6, 6.07) is 6.45. The summed E-state index contributed by atoms with van der Waals surface area (Å²) < 4.78 is 26.3. The average molecular weight is 240 g/mol. The van der Waals surface area contributed by atoms with Crippen molar-refractivity contribution < 1.29 is 17.9 Å². The van der Waals surface area contributed by atoms with Crippen LogP contribution in [-0.2, 0) is 14.6 Å². The van der Waals surface area contributed by atoms with Gasteiger partial charge in [-0.05, 0) is 23.8 Å². The summed E-state index contributed by atoms with van der Waals surface area (Å²) in [5, 5.41) is 1.11. The van der Waals surface area contributed by atoms with Gasteiger partial charge in [0.2, 0.25) is 0 Å². The number of hydrogen-bond donors (Lipinski definition) is 0. The molecule has 0 saturated heterocycles. The fourth-order valence-electron chi connectivity index (χ4n) is 1.05. The quantitative estimate of drug-likeness (QED) is 0.751. The van der Waals surface area contributed by atoms with E-state index >= 15 is 0 Å². The third kappa shape index (κ3) is 3.86. The van der Waals surface area contributed by atoms with E-state index in [9.17, 15) is 13.2 Å². The lowest BCUT2D eigenvalue weighted by atomic mass is 10.1. The Morgan fingerprint density at radius 1 is 1.25 bits per heavy atom. The minimum absolute atomic E-state index is 0.418. The molecule has 0 bridgehead atoms. The highest BCUT2D eigenvalue weighted by Gasteiger charge is 2.03. The monoisotopic (exact) mass is 240 g/mol. The van der Waals surface area contributed by atoms with Gasteiger partial charge in [-0.2, -0.15) is 0 Å². The molecule has 0 N–H and O–H groups in total. The van der Waals surface area contributed by atoms with Crippen LogP contribution in [0.1, 0.15) is 15.9 Å². The Balaban J connectivity index is 2.88. The molecule has 0 amide bonds. The van der Waals surface area contributed by atoms with Crippen LogP contribution in [0.25, 0.3) is 6.08 Å². The molecule has 1 rings (SSSR count). The number of carbonyl (C=O) groups is 1. The van der Waals surface area contributed by atoms with Crippen LogP contribution >= 0.6 is 0 Å². The Kier molecular flexibility index (Phi) is 3.84. The van der Waals surface area contributed by atoms with Crippen molar-refractivity contribution in [1.82, 2.24) is 0 Å². The molecule has 0 spiro atoms. The van der Waals surface area contributed by atoms with Gasteiger partial charge in [-0.25, -0.2) is 13.2 Å². The molecule has 0 fully saturated rings. The minimum Gasteiger partial charge on any atom is -0.465 e. The lowest BCUT2D eigenvalue weighted by molar-refractivity contribution is 0.0600. The molecular weight excluding hydrogens is 228 g/mol. The first-order valence-corrected chi connectivity index (χ1v) is 6.44. The number of esters is 1. The van der Waals surface area contributed by atoms with Gasteiger partial charge >= 0.3 is 5.97 Å². The summed E-state index contributed by atoms with van der Waals surface area (Å²) >= 11 is 0. The van der Waals surface area contributed by atoms with E-state index in [0.29, 0.717) is 11.1 Å². The van der Waals surface area contributed by atoms with Crippen LogP contribution in [0.3, 0.4) is 0 Å². The molecule has 0 heterocycles. The van der Waals surface area contributed by atoms with Crippen molar-refractivity contribution in [3.8, 4) is 0 Å². The van der Waals surface area contributed by atoms with Crippen molar-refractivity contribution in [1.29, 1.82) is 0 Å². The van der Waals surface area contributed by atoms with Crippen molar-refractivity contribution in [2.24, 2.45) is 0 Å². The molecule has 0 radical (unpaired) electrons. The predicted octanol–water partition coefficient (Wildman–Crippen LogP) is 1.49. The molecule has 0 aromatic heterocycles. The van der Waals surface area contributed by atoms with Crippen molar-refractivity contribution in [3.05, 3.63) is 40.8 Å². The second-order valence-electron chi connectivity index (χ2n) is 3.25. The van der Waals surface area contributed by atoms with Gasteiger partial charge in [0.15, 0.2) is 9.84 Å². The van der Waals surface area contributed by atoms with Gasteiger partial charge in [0.05, 0.1) is 12.7 Å². The van der Waals surface area contributed by atoms with E-state index in [-0.39, 0.29) is 0 Å². The summed E-state index contributed by atoms with van der Waals surface area (Å²) in [7, 11) is -1.82. The van der Waals surface area contributed by atoms with E-state index in [4.69, 9.17) is 0 Å². The average Bonchev–Trinajstić information content (AvgIpc) is 2.25. The molecule has 4 nitrogen and oxygen atoms in total. The third-order valence-corrected chi connectivity index (χ3v) is 2.47. The molecule has 5 heteroatoms. The highest BCUT2D eigenvalue weighted by Crippen LogP contribution is 2.08. The van der Waals surface area contributed by atoms with Crippen molar-refractivity contribution in [3.63, 3.8) is 0 Å². The fraction of sp³-hybridized carbons (Fsp3) is 0.182. The molecule has 0 aliphatic heterocycles. The van der Waals surface area contributed by atoms with Gasteiger partial charge in [-0.3, -0.25) is 0 Å². The second kappa shape index (κ2) is 4.94. The fourth-order valence-corrected chi connectivity index (χ4v) is 1.45. The van der Waals surface area contributed by atoms with Crippen molar-refractivity contribution >= 4 is 21.9 Å². The Morgan fingerprint density at radius 2 is 1.81 bits per heavy atom. The summed E-state index contributed by atoms with van der Waals surface area (Å²) in [6.45, 7) is 0. The van der Waals surface area contributed by atoms with Gasteiger partial charge in [-0.15, -0.1) is 0 Å². The van der Waals surface area contributed by atoms with E-state index < -0.39 is 15.8 Å². The maximum Gasteiger partial charge on any atom is 0.337 e. The maximum atomic E-state index is 11.1. The van der Waals surface area contributed by atoms with Gasteiger partial charge < -0.3 is 4.74 Å². The SMILES string of the molecule is COC(=O)c1ccc(C=CS(C)(=O)=O)cc1. The zero-order valence-corrected chi connectivity index (χ0v) is 9.82. The van der Waals surface area contributed by atoms with Crippen LogP contribution in [0.4, 0.5) is 0 Å². The van der Waals surface area contributed by atoms with E-state index in [1.807, 2.05) is 0 Å². The Labute approximate surface area is 94.5 Å². The molecule has 0 aliphatic carbocycles. The standard InChI is InChI=1S/C11H12O4S/c1-15-11(12)10-5-3-9(4-6-10)7-8-16(2,13)14/h3-8H,1-2H3. The van der Waals surface area contributed by atoms with Crippen molar-refractivity contribution in [2.45, 2.75) is 0 Å². The highest BCUT2D eigenvalue weighted by atomic mass is 32.2. The second-order valence-corrected chi connectivity index (χ2v) is 5.18. The first kappa shape index (κ1) is 12.4. The summed E-state index contributed by atoms with van der Waals surface area (Å²) in [4.78, 5) is 11.1. The molecule has 1 aromatic carbocycles. The summed E-state index contributed by atoms with van der Waals surface area (Å²) in [5.74, 6) is -0.418.